The van der Waals surface area contributed by atoms with Gasteiger partial charge in [-0.05, 0) is 30.3 Å². The normalized spacial score (nSPS) is 21.8. The third kappa shape index (κ3) is 4.21. The first kappa shape index (κ1) is 19.7. The fourth-order valence-electron chi connectivity index (χ4n) is 3.09. The van der Waals surface area contributed by atoms with Crippen molar-refractivity contribution in [3.8, 4) is 5.75 Å². The summed E-state index contributed by atoms with van der Waals surface area (Å²) in [5.74, 6) is -0.309. The van der Waals surface area contributed by atoms with Gasteiger partial charge in [-0.3, -0.25) is 0 Å². The van der Waals surface area contributed by atoms with Crippen LogP contribution in [-0.4, -0.2) is 28.9 Å². The lowest BCUT2D eigenvalue weighted by molar-refractivity contribution is -0.189. The number of ether oxygens (including phenoxy) is 3. The summed E-state index contributed by atoms with van der Waals surface area (Å²) in [5.41, 5.74) is 0.682. The molecule has 8 heteroatoms. The number of rotatable bonds is 6. The highest BCUT2D eigenvalue weighted by Gasteiger charge is 2.45. The van der Waals surface area contributed by atoms with Crippen molar-refractivity contribution < 1.29 is 14.2 Å². The summed E-state index contributed by atoms with van der Waals surface area (Å²) in [6, 6.07) is 13.1. The van der Waals surface area contributed by atoms with Gasteiger partial charge in [0.25, 0.3) is 0 Å². The Morgan fingerprint density at radius 2 is 2.04 bits per heavy atom. The summed E-state index contributed by atoms with van der Waals surface area (Å²) in [5, 5.41) is 0.865. The number of nitrogens with zero attached hydrogens (tertiary/aromatic N) is 2. The third-order valence-corrected chi connectivity index (χ3v) is 5.77. The molecular weight excluding hydrogens is 467 g/mol. The first-order valence-electron chi connectivity index (χ1n) is 8.66. The Morgan fingerprint density at radius 3 is 2.79 bits per heavy atom. The van der Waals surface area contributed by atoms with Crippen molar-refractivity contribution in [2.75, 3.05) is 13.2 Å². The fraction of sp³-hybridized carbons (Fsp3) is 0.250. The molecule has 0 amide bonds. The van der Waals surface area contributed by atoms with Crippen LogP contribution < -0.4 is 4.74 Å². The molecule has 0 saturated carbocycles. The first-order chi connectivity index (χ1) is 13.6. The fourth-order valence-corrected chi connectivity index (χ4v) is 3.80. The zero-order chi connectivity index (χ0) is 19.6. The number of hydrogen-bond acceptors (Lipinski definition) is 4. The molecule has 1 aromatic heterocycles. The second kappa shape index (κ2) is 8.43. The van der Waals surface area contributed by atoms with Crippen LogP contribution in [0.5, 0.6) is 5.75 Å². The van der Waals surface area contributed by atoms with Crippen molar-refractivity contribution in [2.24, 2.45) is 0 Å². The van der Waals surface area contributed by atoms with E-state index >= 15 is 0 Å². The van der Waals surface area contributed by atoms with Crippen LogP contribution in [0.25, 0.3) is 0 Å². The maximum Gasteiger partial charge on any atom is 0.215 e. The molecule has 0 bridgehead atoms. The standard InChI is InChI=1S/C20H17BrCl2N2O3/c21-14-4-6-15(7-5-14)26-10-16-11-27-20(28-16,12-25-9-8-24-13-25)17-2-1-3-18(22)19(17)23/h1-9,13,16H,10-12H2. The number of imidazole rings is 1. The number of hydrogen-bond donors (Lipinski definition) is 0. The van der Waals surface area contributed by atoms with Gasteiger partial charge in [-0.15, -0.1) is 0 Å². The minimum absolute atomic E-state index is 0.262. The predicted molar refractivity (Wildman–Crippen MR) is 111 cm³/mol. The van der Waals surface area contributed by atoms with E-state index in [0.29, 0.717) is 35.4 Å². The largest absolute Gasteiger partial charge is 0.491 e. The van der Waals surface area contributed by atoms with E-state index in [2.05, 4.69) is 20.9 Å². The number of halogens is 3. The van der Waals surface area contributed by atoms with Gasteiger partial charge < -0.3 is 18.8 Å². The average molecular weight is 484 g/mol. The smallest absolute Gasteiger partial charge is 0.215 e. The molecule has 1 saturated heterocycles. The molecule has 2 unspecified atom stereocenters. The van der Waals surface area contributed by atoms with Crippen molar-refractivity contribution in [1.82, 2.24) is 9.55 Å². The van der Waals surface area contributed by atoms with Gasteiger partial charge in [-0.25, -0.2) is 4.98 Å². The van der Waals surface area contributed by atoms with Crippen LogP contribution >= 0.6 is 39.1 Å². The van der Waals surface area contributed by atoms with Gasteiger partial charge in [0.15, 0.2) is 0 Å². The van der Waals surface area contributed by atoms with Gasteiger partial charge in [-0.1, -0.05) is 51.3 Å². The van der Waals surface area contributed by atoms with Gasteiger partial charge >= 0.3 is 0 Å². The molecule has 1 aliphatic heterocycles. The Kier molecular flexibility index (Phi) is 5.94. The summed E-state index contributed by atoms with van der Waals surface area (Å²) in [6.45, 7) is 1.11. The predicted octanol–water partition coefficient (Wildman–Crippen LogP) is 5.30. The van der Waals surface area contributed by atoms with Crippen molar-refractivity contribution >= 4 is 39.1 Å². The maximum atomic E-state index is 6.49. The molecule has 0 radical (unpaired) electrons. The molecule has 146 valence electrons. The highest BCUT2D eigenvalue weighted by atomic mass is 79.9. The van der Waals surface area contributed by atoms with Crippen LogP contribution in [-0.2, 0) is 21.8 Å². The lowest BCUT2D eigenvalue weighted by atomic mass is 10.1. The van der Waals surface area contributed by atoms with Gasteiger partial charge in [0.2, 0.25) is 5.79 Å². The summed E-state index contributed by atoms with van der Waals surface area (Å²) >= 11 is 16.1. The number of benzene rings is 2. The van der Waals surface area contributed by atoms with Gasteiger partial charge in [0, 0.05) is 22.4 Å². The molecule has 3 aromatic rings. The molecule has 2 aromatic carbocycles. The van der Waals surface area contributed by atoms with E-state index in [-0.39, 0.29) is 6.10 Å². The molecule has 2 heterocycles. The van der Waals surface area contributed by atoms with Crippen LogP contribution in [0.1, 0.15) is 5.56 Å². The molecule has 0 aliphatic carbocycles. The average Bonchev–Trinajstić information content (AvgIpc) is 3.34. The minimum atomic E-state index is -1.07. The molecule has 0 N–H and O–H groups in total. The first-order valence-corrected chi connectivity index (χ1v) is 10.2. The van der Waals surface area contributed by atoms with E-state index in [1.54, 1.807) is 18.6 Å². The van der Waals surface area contributed by atoms with Crippen molar-refractivity contribution in [2.45, 2.75) is 18.4 Å². The zero-order valence-electron chi connectivity index (χ0n) is 14.7. The van der Waals surface area contributed by atoms with E-state index < -0.39 is 5.79 Å². The van der Waals surface area contributed by atoms with E-state index in [1.807, 2.05) is 47.2 Å². The van der Waals surface area contributed by atoms with Gasteiger partial charge in [-0.2, -0.15) is 0 Å². The Hall–Kier alpha value is -1.57. The maximum absolute atomic E-state index is 6.49. The van der Waals surface area contributed by atoms with Crippen molar-refractivity contribution in [1.29, 1.82) is 0 Å². The topological polar surface area (TPSA) is 45.5 Å². The Morgan fingerprint density at radius 1 is 1.21 bits per heavy atom. The van der Waals surface area contributed by atoms with E-state index in [4.69, 9.17) is 37.4 Å². The lowest BCUT2D eigenvalue weighted by Gasteiger charge is -2.30. The molecular formula is C20H17BrCl2N2O3. The monoisotopic (exact) mass is 482 g/mol. The highest BCUT2D eigenvalue weighted by Crippen LogP contribution is 2.41. The molecule has 4 rings (SSSR count). The van der Waals surface area contributed by atoms with Gasteiger partial charge in [0.1, 0.15) is 18.5 Å². The van der Waals surface area contributed by atoms with Crippen molar-refractivity contribution in [3.05, 3.63) is 81.3 Å². The molecule has 28 heavy (non-hydrogen) atoms. The van der Waals surface area contributed by atoms with Crippen molar-refractivity contribution in [3.63, 3.8) is 0 Å². The van der Waals surface area contributed by atoms with Crippen LogP contribution in [0.2, 0.25) is 10.0 Å². The summed E-state index contributed by atoms with van der Waals surface area (Å²) in [7, 11) is 0. The van der Waals surface area contributed by atoms with Gasteiger partial charge in [0.05, 0.1) is 29.5 Å². The Labute approximate surface area is 181 Å². The summed E-state index contributed by atoms with van der Waals surface area (Å²) in [4.78, 5) is 4.10. The second-order valence-corrected chi connectivity index (χ2v) is 8.11. The van der Waals surface area contributed by atoms with Crippen LogP contribution in [0.4, 0.5) is 0 Å². The number of aromatic nitrogens is 2. The minimum Gasteiger partial charge on any atom is -0.491 e. The Balaban J connectivity index is 1.55. The van der Waals surface area contributed by atoms with Crippen LogP contribution in [0.3, 0.4) is 0 Å². The molecule has 1 fully saturated rings. The SMILES string of the molecule is Clc1cccc(C2(Cn3ccnc3)OCC(COc3ccc(Br)cc3)O2)c1Cl. The zero-order valence-corrected chi connectivity index (χ0v) is 17.8. The molecule has 0 spiro atoms. The van der Waals surface area contributed by atoms with E-state index in [9.17, 15) is 0 Å². The van der Waals surface area contributed by atoms with E-state index in [0.717, 1.165) is 10.2 Å². The molecule has 2 atom stereocenters. The van der Waals surface area contributed by atoms with Crippen LogP contribution in [0.15, 0.2) is 65.7 Å². The van der Waals surface area contributed by atoms with Crippen LogP contribution in [0, 0.1) is 0 Å². The molecule has 5 nitrogen and oxygen atoms in total. The summed E-state index contributed by atoms with van der Waals surface area (Å²) < 4.78 is 21.2. The third-order valence-electron chi connectivity index (χ3n) is 4.42. The lowest BCUT2D eigenvalue weighted by Crippen LogP contribution is -2.34. The highest BCUT2D eigenvalue weighted by molar-refractivity contribution is 9.10. The second-order valence-electron chi connectivity index (χ2n) is 6.41. The summed E-state index contributed by atoms with van der Waals surface area (Å²) in [6.07, 6.45) is 5.00. The molecule has 1 aliphatic rings. The Bertz CT molecular complexity index is 937. The quantitative estimate of drug-likeness (QED) is 0.477. The van der Waals surface area contributed by atoms with E-state index in [1.165, 1.54) is 0 Å².